The molecule has 0 unspecified atom stereocenters. The van der Waals surface area contributed by atoms with Crippen molar-refractivity contribution in [3.05, 3.63) is 63.6 Å². The normalized spacial score (nSPS) is 11.0. The summed E-state index contributed by atoms with van der Waals surface area (Å²) in [6.45, 7) is 3.30. The largest absolute Gasteiger partial charge is 0.296 e. The molecule has 1 aromatic carbocycles. The maximum Gasteiger partial charge on any atom is 0.261 e. The summed E-state index contributed by atoms with van der Waals surface area (Å²) in [5, 5.41) is 20.0. The summed E-state index contributed by atoms with van der Waals surface area (Å²) in [6, 6.07) is 5.12. The molecule has 0 aliphatic rings. The van der Waals surface area contributed by atoms with Crippen LogP contribution in [0.4, 0.5) is 13.9 Å². The molecule has 0 radical (unpaired) electrons. The van der Waals surface area contributed by atoms with E-state index in [9.17, 15) is 13.6 Å². The van der Waals surface area contributed by atoms with Crippen molar-refractivity contribution in [1.29, 1.82) is 0 Å². The number of hydrogen-bond acceptors (Lipinski definition) is 6. The number of amides is 1. The zero-order chi connectivity index (χ0) is 19.8. The SMILES string of the molecule is Cc1nn(-c2ccc(F)cc2F)c(C)c1C(=O)Nc1nnc(-c2ccsc2)s1. The lowest BCUT2D eigenvalue weighted by atomic mass is 10.2. The molecule has 0 spiro atoms. The second-order valence-corrected chi connectivity index (χ2v) is 7.69. The van der Waals surface area contributed by atoms with Crippen LogP contribution in [0.3, 0.4) is 0 Å². The van der Waals surface area contributed by atoms with Gasteiger partial charge in [0.2, 0.25) is 5.13 Å². The zero-order valence-electron chi connectivity index (χ0n) is 14.7. The lowest BCUT2D eigenvalue weighted by molar-refractivity contribution is 0.102. The van der Waals surface area contributed by atoms with Crippen LogP contribution < -0.4 is 5.32 Å². The summed E-state index contributed by atoms with van der Waals surface area (Å²) in [5.41, 5.74) is 2.16. The average molecular weight is 417 g/mol. The van der Waals surface area contributed by atoms with Gasteiger partial charge in [-0.15, -0.1) is 10.2 Å². The Morgan fingerprint density at radius 2 is 2.00 bits per heavy atom. The van der Waals surface area contributed by atoms with Gasteiger partial charge in [-0.25, -0.2) is 13.5 Å². The van der Waals surface area contributed by atoms with Gasteiger partial charge in [0.25, 0.3) is 5.91 Å². The molecule has 0 bridgehead atoms. The first-order valence-corrected chi connectivity index (χ1v) is 9.89. The highest BCUT2D eigenvalue weighted by atomic mass is 32.1. The summed E-state index contributed by atoms with van der Waals surface area (Å²) in [4.78, 5) is 12.8. The average Bonchev–Trinajstić information content (AvgIpc) is 3.36. The summed E-state index contributed by atoms with van der Waals surface area (Å²) in [7, 11) is 0. The van der Waals surface area contributed by atoms with Crippen molar-refractivity contribution >= 4 is 33.7 Å². The van der Waals surface area contributed by atoms with E-state index >= 15 is 0 Å². The van der Waals surface area contributed by atoms with Crippen LogP contribution >= 0.6 is 22.7 Å². The van der Waals surface area contributed by atoms with Crippen molar-refractivity contribution in [2.45, 2.75) is 13.8 Å². The van der Waals surface area contributed by atoms with Crippen LogP contribution in [0.2, 0.25) is 0 Å². The van der Waals surface area contributed by atoms with Crippen LogP contribution in [0.5, 0.6) is 0 Å². The third-order valence-electron chi connectivity index (χ3n) is 4.07. The first kappa shape index (κ1) is 18.4. The van der Waals surface area contributed by atoms with Gasteiger partial charge in [0.15, 0.2) is 5.82 Å². The van der Waals surface area contributed by atoms with Gasteiger partial charge >= 0.3 is 0 Å². The lowest BCUT2D eigenvalue weighted by Crippen LogP contribution is -2.14. The third kappa shape index (κ3) is 3.32. The summed E-state index contributed by atoms with van der Waals surface area (Å²) >= 11 is 2.80. The fraction of sp³-hybridized carbons (Fsp3) is 0.111. The molecule has 1 amide bonds. The minimum absolute atomic E-state index is 0.0664. The molecule has 142 valence electrons. The Morgan fingerprint density at radius 1 is 1.18 bits per heavy atom. The van der Waals surface area contributed by atoms with Gasteiger partial charge in [-0.05, 0) is 37.4 Å². The third-order valence-corrected chi connectivity index (χ3v) is 5.64. The fourth-order valence-corrected chi connectivity index (χ4v) is 4.25. The number of nitrogens with zero attached hydrogens (tertiary/aromatic N) is 4. The van der Waals surface area contributed by atoms with Crippen molar-refractivity contribution in [3.63, 3.8) is 0 Å². The number of halogens is 2. The number of thiophene rings is 1. The Hall–Kier alpha value is -2.98. The smallest absolute Gasteiger partial charge is 0.261 e. The van der Waals surface area contributed by atoms with Crippen LogP contribution in [0.25, 0.3) is 16.3 Å². The molecule has 0 fully saturated rings. The van der Waals surface area contributed by atoms with Gasteiger partial charge in [-0.3, -0.25) is 10.1 Å². The summed E-state index contributed by atoms with van der Waals surface area (Å²) in [6.07, 6.45) is 0. The highest BCUT2D eigenvalue weighted by Gasteiger charge is 2.22. The van der Waals surface area contributed by atoms with Crippen molar-refractivity contribution < 1.29 is 13.6 Å². The molecule has 4 aromatic rings. The van der Waals surface area contributed by atoms with Crippen molar-refractivity contribution in [1.82, 2.24) is 20.0 Å². The van der Waals surface area contributed by atoms with Crippen LogP contribution in [0.1, 0.15) is 21.7 Å². The standard InChI is InChI=1S/C18H13F2N5OS2/c1-9-15(10(2)25(24-9)14-4-3-12(19)7-13(14)20)16(26)21-18-23-22-17(28-18)11-5-6-27-8-11/h3-8H,1-2H3,(H,21,23,26). The molecular weight excluding hydrogens is 404 g/mol. The Morgan fingerprint density at radius 3 is 2.71 bits per heavy atom. The number of carbonyl (C=O) groups excluding carboxylic acids is 1. The Bertz CT molecular complexity index is 1170. The van der Waals surface area contributed by atoms with Gasteiger partial charge in [-0.1, -0.05) is 11.3 Å². The Kier molecular flexibility index (Phi) is 4.73. The van der Waals surface area contributed by atoms with E-state index in [1.807, 2.05) is 16.8 Å². The molecule has 28 heavy (non-hydrogen) atoms. The molecule has 10 heteroatoms. The summed E-state index contributed by atoms with van der Waals surface area (Å²) < 4.78 is 28.6. The van der Waals surface area contributed by atoms with Crippen LogP contribution in [0.15, 0.2) is 35.0 Å². The molecule has 1 N–H and O–H groups in total. The van der Waals surface area contributed by atoms with E-state index in [0.29, 0.717) is 27.1 Å². The number of rotatable bonds is 4. The number of nitrogens with one attached hydrogen (secondary N) is 1. The maximum absolute atomic E-state index is 14.1. The first-order chi connectivity index (χ1) is 13.4. The van der Waals surface area contributed by atoms with Crippen molar-refractivity contribution in [3.8, 4) is 16.3 Å². The Balaban J connectivity index is 1.62. The highest BCUT2D eigenvalue weighted by Crippen LogP contribution is 2.29. The molecule has 0 aliphatic carbocycles. The van der Waals surface area contributed by atoms with Crippen LogP contribution in [-0.2, 0) is 0 Å². The van der Waals surface area contributed by atoms with E-state index in [1.54, 1.807) is 25.2 Å². The number of benzene rings is 1. The van der Waals surface area contributed by atoms with E-state index in [-0.39, 0.29) is 5.69 Å². The van der Waals surface area contributed by atoms with Crippen molar-refractivity contribution in [2.75, 3.05) is 5.32 Å². The molecular formula is C18H13F2N5OS2. The highest BCUT2D eigenvalue weighted by molar-refractivity contribution is 7.19. The van der Waals surface area contributed by atoms with Gasteiger partial charge < -0.3 is 0 Å². The van der Waals surface area contributed by atoms with Gasteiger partial charge in [0.1, 0.15) is 16.5 Å². The number of anilines is 1. The molecule has 3 heterocycles. The van der Waals surface area contributed by atoms with Gasteiger partial charge in [-0.2, -0.15) is 16.4 Å². The van der Waals surface area contributed by atoms with E-state index < -0.39 is 17.5 Å². The van der Waals surface area contributed by atoms with E-state index in [0.717, 1.165) is 17.7 Å². The second kappa shape index (κ2) is 7.21. The van der Waals surface area contributed by atoms with E-state index in [2.05, 4.69) is 20.6 Å². The minimum atomic E-state index is -0.762. The number of hydrogen-bond donors (Lipinski definition) is 1. The fourth-order valence-electron chi connectivity index (χ4n) is 2.80. The minimum Gasteiger partial charge on any atom is -0.296 e. The predicted molar refractivity (Wildman–Crippen MR) is 104 cm³/mol. The zero-order valence-corrected chi connectivity index (χ0v) is 16.4. The topological polar surface area (TPSA) is 72.7 Å². The quantitative estimate of drug-likeness (QED) is 0.527. The van der Waals surface area contributed by atoms with Gasteiger partial charge in [0, 0.05) is 17.0 Å². The van der Waals surface area contributed by atoms with Crippen LogP contribution in [-0.4, -0.2) is 25.9 Å². The molecule has 0 aliphatic heterocycles. The van der Waals surface area contributed by atoms with Crippen LogP contribution in [0, 0.1) is 25.5 Å². The molecule has 0 saturated heterocycles. The molecule has 0 saturated carbocycles. The lowest BCUT2D eigenvalue weighted by Gasteiger charge is -2.06. The molecule has 0 atom stereocenters. The summed E-state index contributed by atoms with van der Waals surface area (Å²) in [5.74, 6) is -1.86. The number of carbonyl (C=O) groups is 1. The monoisotopic (exact) mass is 417 g/mol. The molecule has 6 nitrogen and oxygen atoms in total. The number of aryl methyl sites for hydroxylation is 1. The second-order valence-electron chi connectivity index (χ2n) is 5.93. The molecule has 3 aromatic heterocycles. The predicted octanol–water partition coefficient (Wildman–Crippen LogP) is 4.60. The van der Waals surface area contributed by atoms with E-state index in [4.69, 9.17) is 0 Å². The Labute approximate surface area is 166 Å². The number of aromatic nitrogens is 4. The van der Waals surface area contributed by atoms with Crippen molar-refractivity contribution in [2.24, 2.45) is 0 Å². The molecule has 4 rings (SSSR count). The maximum atomic E-state index is 14.1. The van der Waals surface area contributed by atoms with E-state index in [1.165, 1.54) is 22.1 Å². The first-order valence-electron chi connectivity index (χ1n) is 8.13. The van der Waals surface area contributed by atoms with Gasteiger partial charge in [0.05, 0.1) is 17.0 Å².